The lowest BCUT2D eigenvalue weighted by Crippen LogP contribution is -2.11. The Morgan fingerprint density at radius 3 is 2.81 bits per heavy atom. The Hall–Kier alpha value is -3.42. The van der Waals surface area contributed by atoms with Crippen LogP contribution < -0.4 is 5.73 Å². The van der Waals surface area contributed by atoms with E-state index in [1.165, 1.54) is 0 Å². The molecule has 0 aliphatic carbocycles. The molecule has 0 saturated heterocycles. The first-order valence-electron chi connectivity index (χ1n) is 8.33. The molecule has 0 spiro atoms. The van der Waals surface area contributed by atoms with Crippen LogP contribution in [0.15, 0.2) is 30.6 Å². The number of hydrogen-bond acceptors (Lipinski definition) is 4. The second-order valence-corrected chi connectivity index (χ2v) is 6.22. The maximum absolute atomic E-state index is 11.7. The highest BCUT2D eigenvalue weighted by Crippen LogP contribution is 2.30. The zero-order valence-electron chi connectivity index (χ0n) is 14.8. The molecule has 3 N–H and O–H groups in total. The fourth-order valence-corrected chi connectivity index (χ4v) is 3.18. The van der Waals surface area contributed by atoms with Gasteiger partial charge < -0.3 is 10.7 Å². The van der Waals surface area contributed by atoms with Crippen molar-refractivity contribution in [3.05, 3.63) is 41.9 Å². The van der Waals surface area contributed by atoms with Crippen LogP contribution in [0.1, 0.15) is 23.0 Å². The van der Waals surface area contributed by atoms with Gasteiger partial charge in [0.05, 0.1) is 29.3 Å². The predicted octanol–water partition coefficient (Wildman–Crippen LogP) is 2.25. The molecule has 8 nitrogen and oxygen atoms in total. The Kier molecular flexibility index (Phi) is 3.61. The molecule has 1 aromatic carbocycles. The van der Waals surface area contributed by atoms with Crippen LogP contribution in [-0.2, 0) is 13.6 Å². The molecule has 1 amide bonds. The Morgan fingerprint density at radius 2 is 2.08 bits per heavy atom. The summed E-state index contributed by atoms with van der Waals surface area (Å²) in [6.45, 7) is 4.74. The molecule has 0 bridgehead atoms. The molecule has 0 aliphatic rings. The van der Waals surface area contributed by atoms with E-state index < -0.39 is 5.91 Å². The van der Waals surface area contributed by atoms with Gasteiger partial charge in [0.1, 0.15) is 5.69 Å². The summed E-state index contributed by atoms with van der Waals surface area (Å²) in [5.74, 6) is 0.248. The lowest BCUT2D eigenvalue weighted by atomic mass is 10.0. The fraction of sp³-hybridized carbons (Fsp3) is 0.222. The average molecular weight is 349 g/mol. The van der Waals surface area contributed by atoms with E-state index in [1.54, 1.807) is 29.2 Å². The van der Waals surface area contributed by atoms with Gasteiger partial charge in [-0.15, -0.1) is 0 Å². The molecule has 132 valence electrons. The van der Waals surface area contributed by atoms with Gasteiger partial charge in [0, 0.05) is 30.1 Å². The van der Waals surface area contributed by atoms with Crippen LogP contribution in [0.5, 0.6) is 0 Å². The topological polar surface area (TPSA) is 107 Å². The summed E-state index contributed by atoms with van der Waals surface area (Å²) in [4.78, 5) is 19.6. The minimum atomic E-state index is -0.478. The predicted molar refractivity (Wildman–Crippen MR) is 98.4 cm³/mol. The molecule has 4 rings (SSSR count). The third kappa shape index (κ3) is 2.46. The summed E-state index contributed by atoms with van der Waals surface area (Å²) in [7, 11) is 1.83. The summed E-state index contributed by atoms with van der Waals surface area (Å²) in [5, 5.41) is 9.68. The number of carbonyl (C=O) groups excluding carboxylic acids is 1. The lowest BCUT2D eigenvalue weighted by Gasteiger charge is -2.05. The molecular formula is C18H19N7O. The molecule has 0 unspecified atom stereocenters. The number of H-pyrrole nitrogens is 1. The molecular weight excluding hydrogens is 330 g/mol. The summed E-state index contributed by atoms with van der Waals surface area (Å²) in [6, 6.07) is 5.51. The van der Waals surface area contributed by atoms with Gasteiger partial charge in [-0.1, -0.05) is 0 Å². The Morgan fingerprint density at radius 1 is 1.27 bits per heavy atom. The number of benzene rings is 1. The Labute approximate surface area is 149 Å². The van der Waals surface area contributed by atoms with Crippen molar-refractivity contribution in [2.24, 2.45) is 12.8 Å². The standard InChI is InChI=1S/C18H19N7O/c1-4-25-16(5-10(2)23-25)18-20-9-14(22-18)12-6-11(17(19)26)7-15-13(12)8-21-24(15)3/h5-9H,4H2,1-3H3,(H2,19,26)(H,20,22). The third-order valence-corrected chi connectivity index (χ3v) is 4.46. The number of nitrogens with one attached hydrogen (secondary N) is 1. The van der Waals surface area contributed by atoms with Gasteiger partial charge in [0.2, 0.25) is 5.91 Å². The smallest absolute Gasteiger partial charge is 0.248 e. The van der Waals surface area contributed by atoms with E-state index in [0.29, 0.717) is 5.56 Å². The normalized spacial score (nSPS) is 11.3. The maximum atomic E-state index is 11.7. The SMILES string of the molecule is CCn1nc(C)cc1-c1ncc(-c2cc(C(N)=O)cc3c2cnn3C)[nH]1. The number of hydrogen-bond donors (Lipinski definition) is 2. The van der Waals surface area contributed by atoms with Crippen LogP contribution in [0.25, 0.3) is 33.7 Å². The minimum absolute atomic E-state index is 0.432. The van der Waals surface area contributed by atoms with E-state index in [2.05, 4.69) is 20.2 Å². The van der Waals surface area contributed by atoms with E-state index >= 15 is 0 Å². The van der Waals surface area contributed by atoms with E-state index in [1.807, 2.05) is 31.6 Å². The van der Waals surface area contributed by atoms with Gasteiger partial charge in [-0.3, -0.25) is 14.2 Å². The van der Waals surface area contributed by atoms with Gasteiger partial charge in [0.15, 0.2) is 5.82 Å². The number of nitrogens with two attached hydrogens (primary N) is 1. The third-order valence-electron chi connectivity index (χ3n) is 4.46. The van der Waals surface area contributed by atoms with Gasteiger partial charge >= 0.3 is 0 Å². The highest BCUT2D eigenvalue weighted by Gasteiger charge is 2.16. The lowest BCUT2D eigenvalue weighted by molar-refractivity contribution is 0.100. The molecule has 0 aliphatic heterocycles. The number of aryl methyl sites for hydroxylation is 3. The number of aromatic nitrogens is 6. The second kappa shape index (κ2) is 5.83. The second-order valence-electron chi connectivity index (χ2n) is 6.22. The molecule has 4 aromatic rings. The van der Waals surface area contributed by atoms with E-state index in [9.17, 15) is 4.79 Å². The van der Waals surface area contributed by atoms with Crippen LogP contribution >= 0.6 is 0 Å². The number of nitrogens with zero attached hydrogens (tertiary/aromatic N) is 5. The highest BCUT2D eigenvalue weighted by molar-refractivity contribution is 6.02. The summed E-state index contributed by atoms with van der Waals surface area (Å²) in [5.41, 5.74) is 10.3. The number of imidazole rings is 1. The first kappa shape index (κ1) is 16.1. The molecule has 0 radical (unpaired) electrons. The number of rotatable bonds is 4. The van der Waals surface area contributed by atoms with Crippen molar-refractivity contribution >= 4 is 16.8 Å². The molecule has 0 atom stereocenters. The van der Waals surface area contributed by atoms with Gasteiger partial charge in [-0.2, -0.15) is 10.2 Å². The van der Waals surface area contributed by atoms with Crippen molar-refractivity contribution in [2.75, 3.05) is 0 Å². The number of carbonyl (C=O) groups is 1. The number of amides is 1. The first-order valence-corrected chi connectivity index (χ1v) is 8.33. The Balaban J connectivity index is 1.89. The van der Waals surface area contributed by atoms with Gasteiger partial charge in [-0.25, -0.2) is 4.98 Å². The largest absolute Gasteiger partial charge is 0.366 e. The fourth-order valence-electron chi connectivity index (χ4n) is 3.18. The van der Waals surface area contributed by atoms with E-state index in [0.717, 1.165) is 45.9 Å². The van der Waals surface area contributed by atoms with E-state index in [-0.39, 0.29) is 0 Å². The van der Waals surface area contributed by atoms with Crippen molar-refractivity contribution in [2.45, 2.75) is 20.4 Å². The van der Waals surface area contributed by atoms with Crippen LogP contribution in [-0.4, -0.2) is 35.4 Å². The number of aromatic amines is 1. The molecule has 26 heavy (non-hydrogen) atoms. The van der Waals surface area contributed by atoms with Crippen molar-refractivity contribution in [3.63, 3.8) is 0 Å². The van der Waals surface area contributed by atoms with Crippen molar-refractivity contribution in [3.8, 4) is 22.8 Å². The maximum Gasteiger partial charge on any atom is 0.248 e. The summed E-state index contributed by atoms with van der Waals surface area (Å²) >= 11 is 0. The van der Waals surface area contributed by atoms with Crippen LogP contribution in [0, 0.1) is 6.92 Å². The van der Waals surface area contributed by atoms with Crippen LogP contribution in [0.4, 0.5) is 0 Å². The monoisotopic (exact) mass is 349 g/mol. The molecule has 8 heteroatoms. The van der Waals surface area contributed by atoms with Crippen molar-refractivity contribution < 1.29 is 4.79 Å². The van der Waals surface area contributed by atoms with Crippen molar-refractivity contribution in [1.29, 1.82) is 0 Å². The van der Waals surface area contributed by atoms with E-state index in [4.69, 9.17) is 5.73 Å². The molecule has 3 aromatic heterocycles. The van der Waals surface area contributed by atoms with Gasteiger partial charge in [-0.05, 0) is 32.0 Å². The van der Waals surface area contributed by atoms with Crippen molar-refractivity contribution in [1.82, 2.24) is 29.5 Å². The number of fused-ring (bicyclic) bond motifs is 1. The average Bonchev–Trinajstić information content (AvgIpc) is 3.32. The number of primary amides is 1. The summed E-state index contributed by atoms with van der Waals surface area (Å²) < 4.78 is 3.62. The minimum Gasteiger partial charge on any atom is -0.366 e. The Bertz CT molecular complexity index is 1130. The van der Waals surface area contributed by atoms with Gasteiger partial charge in [0.25, 0.3) is 0 Å². The van der Waals surface area contributed by atoms with Crippen LogP contribution in [0.3, 0.4) is 0 Å². The molecule has 0 saturated carbocycles. The quantitative estimate of drug-likeness (QED) is 0.589. The zero-order chi connectivity index (χ0) is 18.4. The molecule has 3 heterocycles. The van der Waals surface area contributed by atoms with Crippen LogP contribution in [0.2, 0.25) is 0 Å². The first-order chi connectivity index (χ1) is 12.5. The summed E-state index contributed by atoms with van der Waals surface area (Å²) in [6.07, 6.45) is 3.53. The molecule has 0 fully saturated rings. The highest BCUT2D eigenvalue weighted by atomic mass is 16.1. The zero-order valence-corrected chi connectivity index (χ0v) is 14.8.